The van der Waals surface area contributed by atoms with Crippen molar-refractivity contribution < 1.29 is 4.79 Å². The zero-order chi connectivity index (χ0) is 14.8. The number of nitrogens with zero attached hydrogens (tertiary/aromatic N) is 4. The average Bonchev–Trinajstić information content (AvgIpc) is 2.84. The van der Waals surface area contributed by atoms with Gasteiger partial charge in [0.15, 0.2) is 0 Å². The van der Waals surface area contributed by atoms with E-state index in [0.717, 1.165) is 18.7 Å². The predicted octanol–water partition coefficient (Wildman–Crippen LogP) is 1.08. The minimum atomic E-state index is -0.0588. The second-order valence-corrected chi connectivity index (χ2v) is 5.97. The number of carbonyl (C=O) groups is 1. The van der Waals surface area contributed by atoms with Crippen molar-refractivity contribution in [2.75, 3.05) is 13.1 Å². The van der Waals surface area contributed by atoms with E-state index in [-0.39, 0.29) is 11.9 Å². The van der Waals surface area contributed by atoms with Crippen molar-refractivity contribution >= 4 is 11.7 Å². The van der Waals surface area contributed by atoms with Crippen LogP contribution in [-0.2, 0) is 11.3 Å². The normalized spacial score (nSPS) is 20.1. The van der Waals surface area contributed by atoms with Gasteiger partial charge in [-0.1, -0.05) is 13.8 Å². The molecule has 21 heavy (non-hydrogen) atoms. The molecule has 1 amide bonds. The van der Waals surface area contributed by atoms with Crippen molar-refractivity contribution in [1.82, 2.24) is 24.6 Å². The van der Waals surface area contributed by atoms with Crippen LogP contribution in [0.2, 0.25) is 0 Å². The molecule has 0 radical (unpaired) electrons. The van der Waals surface area contributed by atoms with Gasteiger partial charge in [-0.05, 0) is 18.4 Å². The number of amides is 1. The third kappa shape index (κ3) is 3.05. The van der Waals surface area contributed by atoms with Crippen LogP contribution in [0.15, 0.2) is 24.7 Å². The Labute approximate surface area is 124 Å². The molecule has 0 aromatic carbocycles. The Morgan fingerprint density at radius 1 is 1.48 bits per heavy atom. The van der Waals surface area contributed by atoms with Gasteiger partial charge in [-0.2, -0.15) is 0 Å². The molecule has 6 heteroatoms. The zero-order valence-electron chi connectivity index (χ0n) is 12.5. The molecule has 0 spiro atoms. The molecule has 0 unspecified atom stereocenters. The largest absolute Gasteiger partial charge is 0.353 e. The fourth-order valence-corrected chi connectivity index (χ4v) is 2.82. The Bertz CT molecular complexity index is 603. The summed E-state index contributed by atoms with van der Waals surface area (Å²) in [6, 6.07) is 1.82. The summed E-state index contributed by atoms with van der Waals surface area (Å²) < 4.78 is 1.91. The molecule has 112 valence electrons. The summed E-state index contributed by atoms with van der Waals surface area (Å²) >= 11 is 0. The van der Waals surface area contributed by atoms with Crippen LogP contribution >= 0.6 is 0 Å². The summed E-state index contributed by atoms with van der Waals surface area (Å²) in [5.41, 5.74) is 0.956. The van der Waals surface area contributed by atoms with Gasteiger partial charge < -0.3 is 5.32 Å². The average molecular weight is 287 g/mol. The molecule has 3 rings (SSSR count). The first-order valence-corrected chi connectivity index (χ1v) is 7.44. The Morgan fingerprint density at radius 2 is 2.33 bits per heavy atom. The molecule has 1 atom stereocenters. The molecule has 1 N–H and O–H groups in total. The van der Waals surface area contributed by atoms with Crippen LogP contribution in [0.25, 0.3) is 5.78 Å². The molecule has 0 saturated carbocycles. The van der Waals surface area contributed by atoms with E-state index in [9.17, 15) is 4.79 Å². The van der Waals surface area contributed by atoms with Crippen molar-refractivity contribution in [1.29, 1.82) is 0 Å². The maximum Gasteiger partial charge on any atom is 0.237 e. The Morgan fingerprint density at radius 3 is 3.10 bits per heavy atom. The van der Waals surface area contributed by atoms with Crippen LogP contribution in [0.1, 0.15) is 26.0 Å². The molecule has 2 aromatic rings. The fourth-order valence-electron chi connectivity index (χ4n) is 2.82. The molecule has 1 saturated heterocycles. The summed E-state index contributed by atoms with van der Waals surface area (Å²) in [6.07, 6.45) is 6.54. The van der Waals surface area contributed by atoms with Crippen LogP contribution in [0.3, 0.4) is 0 Å². The Hall–Kier alpha value is -1.95. The van der Waals surface area contributed by atoms with Gasteiger partial charge >= 0.3 is 0 Å². The highest BCUT2D eigenvalue weighted by atomic mass is 16.2. The van der Waals surface area contributed by atoms with Crippen LogP contribution in [0.5, 0.6) is 0 Å². The molecule has 1 fully saturated rings. The zero-order valence-corrected chi connectivity index (χ0v) is 12.5. The lowest BCUT2D eigenvalue weighted by Crippen LogP contribution is -2.55. The van der Waals surface area contributed by atoms with Crippen molar-refractivity contribution in [2.45, 2.75) is 32.9 Å². The summed E-state index contributed by atoms with van der Waals surface area (Å²) in [5, 5.41) is 2.96. The molecule has 3 heterocycles. The Kier molecular flexibility index (Phi) is 3.88. The highest BCUT2D eigenvalue weighted by Crippen LogP contribution is 2.17. The number of carbonyl (C=O) groups excluding carboxylic acids is 1. The first kappa shape index (κ1) is 14.0. The van der Waals surface area contributed by atoms with E-state index >= 15 is 0 Å². The maximum absolute atomic E-state index is 12.1. The van der Waals surface area contributed by atoms with Gasteiger partial charge in [0.05, 0.1) is 11.7 Å². The molecule has 2 aromatic heterocycles. The van der Waals surface area contributed by atoms with Gasteiger partial charge in [-0.3, -0.25) is 14.1 Å². The number of fused-ring (bicyclic) bond motifs is 1. The SMILES string of the molecule is CC(C)C[C@H]1C(=O)NCCN1Cc1cn2cccnc2n1. The third-order valence-corrected chi connectivity index (χ3v) is 3.79. The minimum absolute atomic E-state index is 0.0588. The van der Waals surface area contributed by atoms with E-state index < -0.39 is 0 Å². The standard InChI is InChI=1S/C15H21N5O/c1-11(2)8-13-14(21)16-5-7-19(13)9-12-10-20-6-3-4-17-15(20)18-12/h3-4,6,10-11,13H,5,7-9H2,1-2H3,(H,16,21)/t13-/m0/s1. The summed E-state index contributed by atoms with van der Waals surface area (Å²) in [5.74, 6) is 1.33. The highest BCUT2D eigenvalue weighted by molar-refractivity contribution is 5.82. The Balaban J connectivity index is 1.79. The molecular formula is C15H21N5O. The van der Waals surface area contributed by atoms with Crippen molar-refractivity contribution in [3.05, 3.63) is 30.4 Å². The molecule has 1 aliphatic heterocycles. The number of aromatic nitrogens is 3. The van der Waals surface area contributed by atoms with Gasteiger partial charge in [0.25, 0.3) is 0 Å². The van der Waals surface area contributed by atoms with Crippen molar-refractivity contribution in [3.63, 3.8) is 0 Å². The van der Waals surface area contributed by atoms with Gasteiger partial charge in [0, 0.05) is 38.2 Å². The lowest BCUT2D eigenvalue weighted by Gasteiger charge is -2.35. The molecular weight excluding hydrogens is 266 g/mol. The number of imidazole rings is 1. The monoisotopic (exact) mass is 287 g/mol. The van der Waals surface area contributed by atoms with Crippen LogP contribution in [0, 0.1) is 5.92 Å². The van der Waals surface area contributed by atoms with E-state index in [1.807, 2.05) is 22.9 Å². The lowest BCUT2D eigenvalue weighted by atomic mass is 10.00. The van der Waals surface area contributed by atoms with Gasteiger partial charge in [-0.25, -0.2) is 9.97 Å². The quantitative estimate of drug-likeness (QED) is 0.914. The second kappa shape index (κ2) is 5.81. The van der Waals surface area contributed by atoms with Crippen LogP contribution < -0.4 is 5.32 Å². The first-order chi connectivity index (χ1) is 10.1. The van der Waals surface area contributed by atoms with Crippen molar-refractivity contribution in [3.8, 4) is 0 Å². The van der Waals surface area contributed by atoms with Gasteiger partial charge in [0.2, 0.25) is 11.7 Å². The third-order valence-electron chi connectivity index (χ3n) is 3.79. The molecule has 6 nitrogen and oxygen atoms in total. The van der Waals surface area contributed by atoms with E-state index in [2.05, 4.69) is 34.0 Å². The van der Waals surface area contributed by atoms with Crippen molar-refractivity contribution in [2.24, 2.45) is 5.92 Å². The first-order valence-electron chi connectivity index (χ1n) is 7.44. The lowest BCUT2D eigenvalue weighted by molar-refractivity contribution is -0.130. The van der Waals surface area contributed by atoms with E-state index in [4.69, 9.17) is 0 Å². The molecule has 0 aliphatic carbocycles. The number of nitrogens with one attached hydrogen (secondary N) is 1. The van der Waals surface area contributed by atoms with Gasteiger partial charge in [0.1, 0.15) is 0 Å². The number of piperazine rings is 1. The summed E-state index contributed by atoms with van der Waals surface area (Å²) in [7, 11) is 0. The predicted molar refractivity (Wildman–Crippen MR) is 79.6 cm³/mol. The minimum Gasteiger partial charge on any atom is -0.353 e. The maximum atomic E-state index is 12.1. The number of rotatable bonds is 4. The topological polar surface area (TPSA) is 62.5 Å². The second-order valence-electron chi connectivity index (χ2n) is 5.97. The highest BCUT2D eigenvalue weighted by Gasteiger charge is 2.30. The smallest absolute Gasteiger partial charge is 0.237 e. The molecule has 0 bridgehead atoms. The van der Waals surface area contributed by atoms with E-state index in [0.29, 0.717) is 24.8 Å². The fraction of sp³-hybridized carbons (Fsp3) is 0.533. The summed E-state index contributed by atoms with van der Waals surface area (Å²) in [4.78, 5) is 23.1. The van der Waals surface area contributed by atoms with E-state index in [1.54, 1.807) is 6.20 Å². The van der Waals surface area contributed by atoms with E-state index in [1.165, 1.54) is 0 Å². The molecule has 1 aliphatic rings. The van der Waals surface area contributed by atoms with Crippen LogP contribution in [0.4, 0.5) is 0 Å². The number of hydrogen-bond acceptors (Lipinski definition) is 4. The van der Waals surface area contributed by atoms with Crippen LogP contribution in [-0.4, -0.2) is 44.3 Å². The number of hydrogen-bond donors (Lipinski definition) is 1. The van der Waals surface area contributed by atoms with Gasteiger partial charge in [-0.15, -0.1) is 0 Å². The summed E-state index contributed by atoms with van der Waals surface area (Å²) in [6.45, 7) is 6.56.